The summed E-state index contributed by atoms with van der Waals surface area (Å²) in [5.74, 6) is 1.73. The molecule has 0 radical (unpaired) electrons. The Morgan fingerprint density at radius 3 is 2.15 bits per heavy atom. The Kier molecular flexibility index (Phi) is 5.46. The van der Waals surface area contributed by atoms with Crippen molar-refractivity contribution in [1.29, 1.82) is 0 Å². The molecule has 0 spiro atoms. The van der Waals surface area contributed by atoms with Crippen molar-refractivity contribution < 1.29 is 9.59 Å². The van der Waals surface area contributed by atoms with Gasteiger partial charge in [-0.05, 0) is 88.4 Å². The summed E-state index contributed by atoms with van der Waals surface area (Å²) in [4.78, 5) is 25.1. The molecular weight excluding hydrogens is 348 g/mol. The molecule has 4 rings (SSSR count). The van der Waals surface area contributed by atoms with E-state index in [1.807, 2.05) is 13.8 Å². The molecule has 0 saturated heterocycles. The van der Waals surface area contributed by atoms with Gasteiger partial charge in [-0.2, -0.15) is 5.10 Å². The largest absolute Gasteiger partial charge is 0.375 e. The third kappa shape index (κ3) is 4.50. The van der Waals surface area contributed by atoms with Crippen LogP contribution < -0.4 is 16.5 Å². The van der Waals surface area contributed by atoms with E-state index in [1.54, 1.807) is 0 Å². The molecule has 0 aromatic carbocycles. The zero-order chi connectivity index (χ0) is 18.9. The van der Waals surface area contributed by atoms with Gasteiger partial charge in [0.2, 0.25) is 0 Å². The molecule has 4 N–H and O–H groups in total. The Morgan fingerprint density at radius 1 is 1.15 bits per heavy atom. The highest BCUT2D eigenvalue weighted by atomic mass is 32.1. The highest BCUT2D eigenvalue weighted by molar-refractivity contribution is 7.80. The first-order valence-electron chi connectivity index (χ1n) is 9.37. The van der Waals surface area contributed by atoms with E-state index in [2.05, 4.69) is 15.8 Å². The molecular formula is C19H28N4O2S. The first-order valence-corrected chi connectivity index (χ1v) is 9.78. The van der Waals surface area contributed by atoms with Crippen LogP contribution in [0.4, 0.5) is 0 Å². The minimum Gasteiger partial charge on any atom is -0.375 e. The molecule has 0 heterocycles. The maximum atomic E-state index is 12.9. The van der Waals surface area contributed by atoms with Crippen molar-refractivity contribution in [1.82, 2.24) is 10.7 Å². The minimum absolute atomic E-state index is 0.0280. The Labute approximate surface area is 160 Å². The number of carbonyl (C=O) groups is 2. The first-order chi connectivity index (χ1) is 12.2. The van der Waals surface area contributed by atoms with Crippen molar-refractivity contribution in [3.05, 3.63) is 11.6 Å². The summed E-state index contributed by atoms with van der Waals surface area (Å²) in [6.07, 6.45) is 8.50. The number of hydrazone groups is 1. The van der Waals surface area contributed by atoms with Crippen molar-refractivity contribution in [2.75, 3.05) is 0 Å². The van der Waals surface area contributed by atoms with Crippen molar-refractivity contribution in [3.8, 4) is 0 Å². The lowest BCUT2D eigenvalue weighted by Crippen LogP contribution is -2.61. The van der Waals surface area contributed by atoms with E-state index in [1.165, 1.54) is 25.3 Å². The Hall–Kier alpha value is -1.76. The molecule has 7 heteroatoms. The highest BCUT2D eigenvalue weighted by Crippen LogP contribution is 2.55. The first kappa shape index (κ1) is 19.0. The van der Waals surface area contributed by atoms with Crippen LogP contribution in [0.3, 0.4) is 0 Å². The highest BCUT2D eigenvalue weighted by Gasteiger charge is 2.51. The zero-order valence-electron chi connectivity index (χ0n) is 15.5. The monoisotopic (exact) mass is 376 g/mol. The standard InChI is InChI=1S/C19H28N4O2S/c1-11(2)3-15(24)7-16(22-23-18(20)26)17(25)21-19-8-12-4-13(9-19)6-14(5-12)10-19/h3,12-14H,4-10H2,1-2H3,(H,21,25)(H3,20,23,26). The fraction of sp³-hybridized carbons (Fsp3) is 0.684. The number of thiocarbonyl (C=S) groups is 1. The molecule has 0 unspecified atom stereocenters. The SMILES string of the molecule is CC(C)=CC(=O)CC(=NNC(N)=S)C(=O)NC12CC3CC(CC(C3)C1)C2. The summed E-state index contributed by atoms with van der Waals surface area (Å²) in [6.45, 7) is 3.69. The number of nitrogens with two attached hydrogens (primary N) is 1. The molecule has 6 nitrogen and oxygen atoms in total. The van der Waals surface area contributed by atoms with Gasteiger partial charge < -0.3 is 11.1 Å². The lowest BCUT2D eigenvalue weighted by atomic mass is 9.53. The topological polar surface area (TPSA) is 96.6 Å². The van der Waals surface area contributed by atoms with Gasteiger partial charge in [-0.1, -0.05) is 5.57 Å². The lowest BCUT2D eigenvalue weighted by Gasteiger charge is -2.56. The number of hydrogen-bond donors (Lipinski definition) is 3. The number of ketones is 1. The Morgan fingerprint density at radius 2 is 1.69 bits per heavy atom. The molecule has 4 aliphatic rings. The van der Waals surface area contributed by atoms with Gasteiger partial charge in [-0.15, -0.1) is 0 Å². The molecule has 4 saturated carbocycles. The molecule has 0 atom stereocenters. The van der Waals surface area contributed by atoms with Crippen LogP contribution in [-0.4, -0.2) is 28.1 Å². The Bertz CT molecular complexity index is 644. The number of allylic oxidation sites excluding steroid dienone is 2. The number of nitrogens with one attached hydrogen (secondary N) is 2. The van der Waals surface area contributed by atoms with Gasteiger partial charge in [0.15, 0.2) is 10.9 Å². The quantitative estimate of drug-likeness (QED) is 0.286. The van der Waals surface area contributed by atoms with Crippen LogP contribution in [0.1, 0.15) is 58.8 Å². The van der Waals surface area contributed by atoms with Gasteiger partial charge in [0.05, 0.1) is 6.42 Å². The second-order valence-corrected chi connectivity index (χ2v) is 8.99. The fourth-order valence-corrected chi connectivity index (χ4v) is 5.45. The number of carbonyl (C=O) groups excluding carboxylic acids is 2. The summed E-state index contributed by atoms with van der Waals surface area (Å²) in [5, 5.41) is 7.22. The number of hydrogen-bond acceptors (Lipinski definition) is 4. The summed E-state index contributed by atoms with van der Waals surface area (Å²) in [7, 11) is 0. The second kappa shape index (κ2) is 7.47. The van der Waals surface area contributed by atoms with E-state index in [4.69, 9.17) is 18.0 Å². The third-order valence-corrected chi connectivity index (χ3v) is 5.86. The van der Waals surface area contributed by atoms with Crippen molar-refractivity contribution >= 4 is 34.7 Å². The summed E-state index contributed by atoms with van der Waals surface area (Å²) in [6, 6.07) is 0. The second-order valence-electron chi connectivity index (χ2n) is 8.55. The van der Waals surface area contributed by atoms with Gasteiger partial charge >= 0.3 is 0 Å². The number of rotatable bonds is 6. The van der Waals surface area contributed by atoms with E-state index < -0.39 is 0 Å². The van der Waals surface area contributed by atoms with Crippen LogP contribution >= 0.6 is 12.2 Å². The number of amides is 1. The smallest absolute Gasteiger partial charge is 0.268 e. The van der Waals surface area contributed by atoms with Crippen LogP contribution in [0.2, 0.25) is 0 Å². The van der Waals surface area contributed by atoms with Crippen LogP contribution in [-0.2, 0) is 9.59 Å². The molecule has 0 aliphatic heterocycles. The van der Waals surface area contributed by atoms with Gasteiger partial charge in [0.25, 0.3) is 5.91 Å². The molecule has 1 amide bonds. The van der Waals surface area contributed by atoms with E-state index in [0.717, 1.165) is 42.6 Å². The molecule has 142 valence electrons. The molecule has 0 aromatic heterocycles. The molecule has 4 aliphatic carbocycles. The maximum Gasteiger partial charge on any atom is 0.268 e. The van der Waals surface area contributed by atoms with Crippen molar-refractivity contribution in [2.45, 2.75) is 64.3 Å². The zero-order valence-corrected chi connectivity index (χ0v) is 16.3. The van der Waals surface area contributed by atoms with E-state index >= 15 is 0 Å². The summed E-state index contributed by atoms with van der Waals surface area (Å²) in [5.41, 5.74) is 8.77. The summed E-state index contributed by atoms with van der Waals surface area (Å²) >= 11 is 4.77. The lowest BCUT2D eigenvalue weighted by molar-refractivity contribution is -0.121. The molecule has 26 heavy (non-hydrogen) atoms. The van der Waals surface area contributed by atoms with Gasteiger partial charge in [0, 0.05) is 5.54 Å². The minimum atomic E-state index is -0.286. The van der Waals surface area contributed by atoms with Gasteiger partial charge in [-0.25, -0.2) is 0 Å². The van der Waals surface area contributed by atoms with Crippen molar-refractivity contribution in [2.24, 2.45) is 28.6 Å². The number of nitrogens with zero attached hydrogens (tertiary/aromatic N) is 1. The Balaban J connectivity index is 1.73. The van der Waals surface area contributed by atoms with E-state index in [-0.39, 0.29) is 34.5 Å². The fourth-order valence-electron chi connectivity index (χ4n) is 5.41. The van der Waals surface area contributed by atoms with Crippen LogP contribution in [0.25, 0.3) is 0 Å². The van der Waals surface area contributed by atoms with E-state index in [0.29, 0.717) is 0 Å². The predicted molar refractivity (Wildman–Crippen MR) is 105 cm³/mol. The van der Waals surface area contributed by atoms with E-state index in [9.17, 15) is 9.59 Å². The summed E-state index contributed by atoms with van der Waals surface area (Å²) < 4.78 is 0. The maximum absolute atomic E-state index is 12.9. The van der Waals surface area contributed by atoms with Crippen LogP contribution in [0.5, 0.6) is 0 Å². The average Bonchev–Trinajstić information content (AvgIpc) is 2.48. The third-order valence-electron chi connectivity index (χ3n) is 5.77. The molecule has 4 fully saturated rings. The van der Waals surface area contributed by atoms with Gasteiger partial charge in [-0.3, -0.25) is 15.0 Å². The molecule has 0 aromatic rings. The normalized spacial score (nSPS) is 32.1. The van der Waals surface area contributed by atoms with Crippen LogP contribution in [0.15, 0.2) is 16.8 Å². The van der Waals surface area contributed by atoms with Crippen LogP contribution in [0, 0.1) is 17.8 Å². The van der Waals surface area contributed by atoms with Gasteiger partial charge in [0.1, 0.15) is 5.71 Å². The van der Waals surface area contributed by atoms with Crippen molar-refractivity contribution in [3.63, 3.8) is 0 Å². The predicted octanol–water partition coefficient (Wildman–Crippen LogP) is 2.19. The average molecular weight is 377 g/mol. The molecule has 4 bridgehead atoms.